The molecule has 0 fully saturated rings. The van der Waals surface area contributed by atoms with E-state index >= 15 is 0 Å². The molecule has 1 heterocycles. The van der Waals surface area contributed by atoms with Crippen LogP contribution in [0.5, 0.6) is 0 Å². The molecule has 0 aliphatic rings. The second kappa shape index (κ2) is 11.9. The highest BCUT2D eigenvalue weighted by atomic mass is 35.5. The lowest BCUT2D eigenvalue weighted by Gasteiger charge is -2.34. The Labute approximate surface area is 222 Å². The van der Waals surface area contributed by atoms with Crippen molar-refractivity contribution in [3.8, 4) is 0 Å². The SMILES string of the molecule is COCC(=O)N(CCCN)C(c1oc2cc(Cl)ccc2c(=O)c1Cc1cccc2ccccc12)C(C)C. The zero-order valence-corrected chi connectivity index (χ0v) is 22.3. The van der Waals surface area contributed by atoms with Gasteiger partial charge in [0.25, 0.3) is 0 Å². The summed E-state index contributed by atoms with van der Waals surface area (Å²) < 4.78 is 11.7. The number of nitrogens with two attached hydrogens (primary N) is 1. The van der Waals surface area contributed by atoms with Crippen molar-refractivity contribution in [2.75, 3.05) is 26.8 Å². The number of methoxy groups -OCH3 is 1. The molecule has 4 aromatic rings. The van der Waals surface area contributed by atoms with Gasteiger partial charge in [-0.15, -0.1) is 0 Å². The lowest BCUT2D eigenvalue weighted by atomic mass is 9.91. The lowest BCUT2D eigenvalue weighted by Crippen LogP contribution is -2.41. The first kappa shape index (κ1) is 26.9. The molecule has 4 rings (SSSR count). The molecule has 0 aliphatic carbocycles. The van der Waals surface area contributed by atoms with Crippen molar-refractivity contribution in [1.82, 2.24) is 4.90 Å². The van der Waals surface area contributed by atoms with Crippen molar-refractivity contribution in [3.05, 3.63) is 92.8 Å². The second-order valence-corrected chi connectivity index (χ2v) is 10.0. The number of amides is 1. The van der Waals surface area contributed by atoms with Gasteiger partial charge in [-0.3, -0.25) is 9.59 Å². The van der Waals surface area contributed by atoms with Crippen LogP contribution in [0.25, 0.3) is 21.7 Å². The van der Waals surface area contributed by atoms with Crippen LogP contribution in [0.2, 0.25) is 5.02 Å². The molecule has 0 aliphatic heterocycles. The van der Waals surface area contributed by atoms with Crippen LogP contribution in [0.15, 0.2) is 69.9 Å². The van der Waals surface area contributed by atoms with E-state index in [2.05, 4.69) is 18.2 Å². The molecule has 6 nitrogen and oxygen atoms in total. The molecule has 0 spiro atoms. The molecule has 0 saturated heterocycles. The van der Waals surface area contributed by atoms with E-state index in [4.69, 9.17) is 26.5 Å². The Balaban J connectivity index is 1.97. The highest BCUT2D eigenvalue weighted by Gasteiger charge is 2.33. The highest BCUT2D eigenvalue weighted by Crippen LogP contribution is 2.35. The van der Waals surface area contributed by atoms with Crippen LogP contribution in [0.3, 0.4) is 0 Å². The van der Waals surface area contributed by atoms with Gasteiger partial charge in [0.2, 0.25) is 5.91 Å². The van der Waals surface area contributed by atoms with E-state index in [-0.39, 0.29) is 23.9 Å². The molecular formula is C30H33ClN2O4. The molecule has 0 bridgehead atoms. The fraction of sp³-hybridized carbons (Fsp3) is 0.333. The molecule has 2 N–H and O–H groups in total. The minimum absolute atomic E-state index is 0.0513. The van der Waals surface area contributed by atoms with E-state index in [9.17, 15) is 9.59 Å². The van der Waals surface area contributed by atoms with E-state index in [1.165, 1.54) is 7.11 Å². The molecule has 3 aromatic carbocycles. The minimum Gasteiger partial charge on any atom is -0.458 e. The van der Waals surface area contributed by atoms with Crippen LogP contribution in [-0.4, -0.2) is 37.6 Å². The number of hydrogen-bond donors (Lipinski definition) is 1. The largest absolute Gasteiger partial charge is 0.458 e. The smallest absolute Gasteiger partial charge is 0.249 e. The van der Waals surface area contributed by atoms with Crippen LogP contribution >= 0.6 is 11.6 Å². The molecule has 0 saturated carbocycles. The summed E-state index contributed by atoms with van der Waals surface area (Å²) in [6.45, 7) is 4.82. The van der Waals surface area contributed by atoms with Gasteiger partial charge in [-0.25, -0.2) is 0 Å². The summed E-state index contributed by atoms with van der Waals surface area (Å²) in [5.74, 6) is 0.244. The molecular weight excluding hydrogens is 488 g/mol. The van der Waals surface area contributed by atoms with Crippen LogP contribution in [0.4, 0.5) is 0 Å². The highest BCUT2D eigenvalue weighted by molar-refractivity contribution is 6.31. The Kier molecular flexibility index (Phi) is 8.64. The van der Waals surface area contributed by atoms with Crippen LogP contribution in [-0.2, 0) is 16.0 Å². The third-order valence-corrected chi connectivity index (χ3v) is 6.89. The number of ether oxygens (including phenoxy) is 1. The monoisotopic (exact) mass is 520 g/mol. The van der Waals surface area contributed by atoms with E-state index < -0.39 is 6.04 Å². The van der Waals surface area contributed by atoms with Crippen molar-refractivity contribution >= 4 is 39.2 Å². The molecule has 1 amide bonds. The molecule has 7 heteroatoms. The number of carbonyl (C=O) groups is 1. The Bertz CT molecular complexity index is 1460. The summed E-state index contributed by atoms with van der Waals surface area (Å²) in [4.78, 5) is 29.0. The van der Waals surface area contributed by atoms with E-state index in [1.807, 2.05) is 38.1 Å². The van der Waals surface area contributed by atoms with Gasteiger partial charge < -0.3 is 19.8 Å². The number of nitrogens with zero attached hydrogens (tertiary/aromatic N) is 1. The van der Waals surface area contributed by atoms with E-state index in [1.54, 1.807) is 23.1 Å². The van der Waals surface area contributed by atoms with Gasteiger partial charge in [0.1, 0.15) is 18.0 Å². The Hall–Kier alpha value is -3.19. The Morgan fingerprint density at radius 1 is 1.08 bits per heavy atom. The van der Waals surface area contributed by atoms with Gasteiger partial charge in [0.15, 0.2) is 5.43 Å². The van der Waals surface area contributed by atoms with Gasteiger partial charge in [-0.2, -0.15) is 0 Å². The molecule has 0 radical (unpaired) electrons. The summed E-state index contributed by atoms with van der Waals surface area (Å²) in [6.07, 6.45) is 0.977. The van der Waals surface area contributed by atoms with E-state index in [0.29, 0.717) is 53.2 Å². The maximum absolute atomic E-state index is 14.0. The van der Waals surface area contributed by atoms with Gasteiger partial charge in [0.05, 0.1) is 11.4 Å². The van der Waals surface area contributed by atoms with Crippen molar-refractivity contribution in [1.29, 1.82) is 0 Å². The normalized spacial score (nSPS) is 12.4. The van der Waals surface area contributed by atoms with Crippen LogP contribution in [0.1, 0.15) is 43.2 Å². The molecule has 194 valence electrons. The minimum atomic E-state index is -0.491. The predicted molar refractivity (Wildman–Crippen MR) is 149 cm³/mol. The zero-order valence-electron chi connectivity index (χ0n) is 21.5. The third kappa shape index (κ3) is 5.72. The van der Waals surface area contributed by atoms with Gasteiger partial charge in [0, 0.05) is 36.7 Å². The first-order valence-electron chi connectivity index (χ1n) is 12.6. The van der Waals surface area contributed by atoms with Crippen LogP contribution < -0.4 is 11.2 Å². The molecule has 37 heavy (non-hydrogen) atoms. The van der Waals surface area contributed by atoms with Gasteiger partial charge >= 0.3 is 0 Å². The quantitative estimate of drug-likeness (QED) is 0.289. The summed E-state index contributed by atoms with van der Waals surface area (Å²) in [6, 6.07) is 18.7. The van der Waals surface area contributed by atoms with Crippen LogP contribution in [0, 0.1) is 5.92 Å². The fourth-order valence-corrected chi connectivity index (χ4v) is 5.12. The fourth-order valence-electron chi connectivity index (χ4n) is 4.96. The zero-order chi connectivity index (χ0) is 26.5. The Morgan fingerprint density at radius 2 is 1.84 bits per heavy atom. The number of hydrogen-bond acceptors (Lipinski definition) is 5. The van der Waals surface area contributed by atoms with Crippen molar-refractivity contribution in [3.63, 3.8) is 0 Å². The topological polar surface area (TPSA) is 85.8 Å². The third-order valence-electron chi connectivity index (χ3n) is 6.65. The first-order chi connectivity index (χ1) is 17.8. The number of carbonyl (C=O) groups excluding carboxylic acids is 1. The van der Waals surface area contributed by atoms with Crippen molar-refractivity contribution < 1.29 is 13.9 Å². The second-order valence-electron chi connectivity index (χ2n) is 9.58. The van der Waals surface area contributed by atoms with Gasteiger partial charge in [-0.05, 0) is 47.4 Å². The van der Waals surface area contributed by atoms with E-state index in [0.717, 1.165) is 16.3 Å². The summed E-state index contributed by atoms with van der Waals surface area (Å²) in [5.41, 5.74) is 7.64. The first-order valence-corrected chi connectivity index (χ1v) is 12.9. The maximum Gasteiger partial charge on any atom is 0.249 e. The summed E-state index contributed by atoms with van der Waals surface area (Å²) >= 11 is 6.27. The number of rotatable bonds is 10. The lowest BCUT2D eigenvalue weighted by molar-refractivity contribution is -0.139. The summed E-state index contributed by atoms with van der Waals surface area (Å²) in [7, 11) is 1.49. The number of halogens is 1. The Morgan fingerprint density at radius 3 is 2.57 bits per heavy atom. The molecule has 1 aromatic heterocycles. The molecule has 1 atom stereocenters. The predicted octanol–water partition coefficient (Wildman–Crippen LogP) is 5.71. The average Bonchev–Trinajstić information content (AvgIpc) is 2.88. The van der Waals surface area contributed by atoms with Gasteiger partial charge in [-0.1, -0.05) is 67.9 Å². The summed E-state index contributed by atoms with van der Waals surface area (Å²) in [5, 5.41) is 3.10. The number of benzene rings is 3. The van der Waals surface area contributed by atoms with Crippen molar-refractivity contribution in [2.45, 2.75) is 32.7 Å². The standard InChI is InChI=1S/C30H33ClN2O4/c1-19(2)28(33(15-7-14-32)27(34)18-36-3)30-25(29(35)24-13-12-22(31)17-26(24)37-30)16-21-10-6-9-20-8-4-5-11-23(20)21/h4-6,8-13,17,19,28H,7,14-16,18,32H2,1-3H3. The average molecular weight is 521 g/mol. The number of fused-ring (bicyclic) bond motifs is 2. The molecule has 1 unspecified atom stereocenters. The maximum atomic E-state index is 14.0. The van der Waals surface area contributed by atoms with Crippen molar-refractivity contribution in [2.24, 2.45) is 11.7 Å².